The Kier molecular flexibility index (Phi) is 6.60. The van der Waals surface area contributed by atoms with Crippen LogP contribution in [0.15, 0.2) is 0 Å². The molecule has 0 aromatic heterocycles. The van der Waals surface area contributed by atoms with Crippen LogP contribution < -0.4 is 0 Å². The van der Waals surface area contributed by atoms with E-state index < -0.39 is 5.97 Å². The van der Waals surface area contributed by atoms with E-state index in [1.54, 1.807) is 4.90 Å². The summed E-state index contributed by atoms with van der Waals surface area (Å²) >= 11 is 0. The summed E-state index contributed by atoms with van der Waals surface area (Å²) in [5.41, 5.74) is 0. The number of piperidine rings is 1. The Bertz CT molecular complexity index is 476. The second-order valence-electron chi connectivity index (χ2n) is 7.04. The van der Waals surface area contributed by atoms with Crippen LogP contribution in [0.5, 0.6) is 0 Å². The van der Waals surface area contributed by atoms with E-state index in [0.29, 0.717) is 19.6 Å². The van der Waals surface area contributed by atoms with Crippen LogP contribution in [0.1, 0.15) is 25.7 Å². The molecule has 0 radical (unpaired) electrons. The predicted octanol–water partition coefficient (Wildman–Crippen LogP) is 0.198. The molecule has 2 rings (SSSR count). The van der Waals surface area contributed by atoms with Gasteiger partial charge in [0, 0.05) is 32.1 Å². The van der Waals surface area contributed by atoms with Crippen molar-refractivity contribution < 1.29 is 19.1 Å². The van der Waals surface area contributed by atoms with Crippen LogP contribution in [0.2, 0.25) is 0 Å². The van der Waals surface area contributed by atoms with Gasteiger partial charge in [0.2, 0.25) is 11.8 Å². The lowest BCUT2D eigenvalue weighted by Crippen LogP contribution is -2.49. The summed E-state index contributed by atoms with van der Waals surface area (Å²) in [6.45, 7) is 2.35. The molecule has 0 aromatic carbocycles. The van der Waals surface area contributed by atoms with E-state index in [2.05, 4.69) is 0 Å². The zero-order valence-electron chi connectivity index (χ0n) is 15.0. The molecule has 2 fully saturated rings. The molecule has 1 aliphatic carbocycles. The molecule has 136 valence electrons. The zero-order chi connectivity index (χ0) is 17.7. The molecule has 1 heterocycles. The maximum atomic E-state index is 12.9. The highest BCUT2D eigenvalue weighted by molar-refractivity contribution is 5.85. The standard InChI is InChI=1S/C17H29N3O4/c1-18(2)9-10-20(12-15(21)24-3)17(23)14-5-4-8-19(11-14)16(22)13-6-7-13/h13-14H,4-12H2,1-3H3/t14-/m0/s1. The maximum absolute atomic E-state index is 12.9. The van der Waals surface area contributed by atoms with Gasteiger partial charge in [0.25, 0.3) is 0 Å². The van der Waals surface area contributed by atoms with Gasteiger partial charge in [-0.25, -0.2) is 0 Å². The number of esters is 1. The topological polar surface area (TPSA) is 70.2 Å². The number of ether oxygens (including phenoxy) is 1. The van der Waals surface area contributed by atoms with Crippen LogP contribution in [0.3, 0.4) is 0 Å². The van der Waals surface area contributed by atoms with Crippen LogP contribution in [0.4, 0.5) is 0 Å². The molecule has 2 amide bonds. The number of likely N-dealkylation sites (tertiary alicyclic amines) is 1. The normalized spacial score (nSPS) is 20.8. The summed E-state index contributed by atoms with van der Waals surface area (Å²) in [7, 11) is 5.18. The highest BCUT2D eigenvalue weighted by Crippen LogP contribution is 2.32. The van der Waals surface area contributed by atoms with Gasteiger partial charge in [-0.2, -0.15) is 0 Å². The average Bonchev–Trinajstić information content (AvgIpc) is 3.42. The van der Waals surface area contributed by atoms with E-state index >= 15 is 0 Å². The number of carbonyl (C=O) groups excluding carboxylic acids is 3. The lowest BCUT2D eigenvalue weighted by atomic mass is 9.96. The van der Waals surface area contributed by atoms with Gasteiger partial charge in [0.15, 0.2) is 0 Å². The van der Waals surface area contributed by atoms with E-state index in [9.17, 15) is 14.4 Å². The van der Waals surface area contributed by atoms with Crippen molar-refractivity contribution in [1.29, 1.82) is 0 Å². The van der Waals surface area contributed by atoms with Crippen molar-refractivity contribution in [2.45, 2.75) is 25.7 Å². The number of carbonyl (C=O) groups is 3. The lowest BCUT2D eigenvalue weighted by molar-refractivity contribution is -0.150. The summed E-state index contributed by atoms with van der Waals surface area (Å²) in [5.74, 6) is -0.299. The van der Waals surface area contributed by atoms with E-state index in [1.807, 2.05) is 23.9 Å². The largest absolute Gasteiger partial charge is 0.468 e. The van der Waals surface area contributed by atoms with Crippen molar-refractivity contribution in [2.24, 2.45) is 11.8 Å². The second kappa shape index (κ2) is 8.46. The Morgan fingerprint density at radius 2 is 1.79 bits per heavy atom. The third-order valence-corrected chi connectivity index (χ3v) is 4.69. The minimum atomic E-state index is -0.413. The SMILES string of the molecule is COC(=O)CN(CCN(C)C)C(=O)[C@H]1CCCN(C(=O)C2CC2)C1. The molecule has 0 spiro atoms. The molecule has 7 nitrogen and oxygen atoms in total. The number of hydrogen-bond acceptors (Lipinski definition) is 5. The monoisotopic (exact) mass is 339 g/mol. The predicted molar refractivity (Wildman–Crippen MR) is 89.2 cm³/mol. The molecular formula is C17H29N3O4. The fourth-order valence-electron chi connectivity index (χ4n) is 3.03. The Hall–Kier alpha value is -1.63. The Labute approximate surface area is 143 Å². The van der Waals surface area contributed by atoms with Gasteiger partial charge in [-0.3, -0.25) is 14.4 Å². The quantitative estimate of drug-likeness (QED) is 0.620. The van der Waals surface area contributed by atoms with E-state index in [1.165, 1.54) is 7.11 Å². The Morgan fingerprint density at radius 3 is 2.38 bits per heavy atom. The summed E-state index contributed by atoms with van der Waals surface area (Å²) in [6.07, 6.45) is 3.57. The van der Waals surface area contributed by atoms with Crippen molar-refractivity contribution >= 4 is 17.8 Å². The number of nitrogens with zero attached hydrogens (tertiary/aromatic N) is 3. The highest BCUT2D eigenvalue weighted by Gasteiger charge is 2.37. The number of rotatable bonds is 7. The summed E-state index contributed by atoms with van der Waals surface area (Å²) < 4.78 is 4.71. The van der Waals surface area contributed by atoms with Gasteiger partial charge in [0.1, 0.15) is 6.54 Å². The zero-order valence-corrected chi connectivity index (χ0v) is 15.0. The molecule has 0 N–H and O–H groups in total. The van der Waals surface area contributed by atoms with Crippen molar-refractivity contribution in [2.75, 3.05) is 53.9 Å². The molecule has 0 bridgehead atoms. The number of amides is 2. The third-order valence-electron chi connectivity index (χ3n) is 4.69. The van der Waals surface area contributed by atoms with Crippen LogP contribution in [-0.4, -0.2) is 86.4 Å². The minimum Gasteiger partial charge on any atom is -0.468 e. The molecule has 7 heteroatoms. The van der Waals surface area contributed by atoms with E-state index in [0.717, 1.165) is 32.2 Å². The van der Waals surface area contributed by atoms with Gasteiger partial charge in [-0.1, -0.05) is 0 Å². The molecule has 2 aliphatic rings. The maximum Gasteiger partial charge on any atom is 0.325 e. The van der Waals surface area contributed by atoms with Crippen molar-refractivity contribution in [1.82, 2.24) is 14.7 Å². The third kappa shape index (κ3) is 5.19. The first kappa shape index (κ1) is 18.7. The van der Waals surface area contributed by atoms with Crippen LogP contribution in [0, 0.1) is 11.8 Å². The molecule has 0 unspecified atom stereocenters. The summed E-state index contributed by atoms with van der Waals surface area (Å²) in [6, 6.07) is 0. The van der Waals surface area contributed by atoms with E-state index in [-0.39, 0.29) is 30.2 Å². The molecule has 1 aliphatic heterocycles. The highest BCUT2D eigenvalue weighted by atomic mass is 16.5. The van der Waals surface area contributed by atoms with Crippen LogP contribution in [-0.2, 0) is 19.1 Å². The second-order valence-corrected chi connectivity index (χ2v) is 7.04. The molecule has 1 saturated heterocycles. The first-order valence-electron chi connectivity index (χ1n) is 8.71. The number of hydrogen-bond donors (Lipinski definition) is 0. The van der Waals surface area contributed by atoms with Crippen LogP contribution in [0.25, 0.3) is 0 Å². The molecule has 24 heavy (non-hydrogen) atoms. The Morgan fingerprint density at radius 1 is 1.08 bits per heavy atom. The molecular weight excluding hydrogens is 310 g/mol. The van der Waals surface area contributed by atoms with Crippen LogP contribution >= 0.6 is 0 Å². The van der Waals surface area contributed by atoms with Gasteiger partial charge in [-0.05, 0) is 39.8 Å². The van der Waals surface area contributed by atoms with Crippen molar-refractivity contribution in [3.8, 4) is 0 Å². The fourth-order valence-corrected chi connectivity index (χ4v) is 3.03. The molecule has 1 atom stereocenters. The average molecular weight is 339 g/mol. The lowest BCUT2D eigenvalue weighted by Gasteiger charge is -2.35. The van der Waals surface area contributed by atoms with Gasteiger partial charge < -0.3 is 19.4 Å². The minimum absolute atomic E-state index is 0.0315. The molecule has 0 aromatic rings. The number of methoxy groups -OCH3 is 1. The molecule has 1 saturated carbocycles. The summed E-state index contributed by atoms with van der Waals surface area (Å²) in [4.78, 5) is 42.1. The number of likely N-dealkylation sites (N-methyl/N-ethyl adjacent to an activating group) is 1. The van der Waals surface area contributed by atoms with E-state index in [4.69, 9.17) is 4.74 Å². The summed E-state index contributed by atoms with van der Waals surface area (Å²) in [5, 5.41) is 0. The van der Waals surface area contributed by atoms with Gasteiger partial charge >= 0.3 is 5.97 Å². The van der Waals surface area contributed by atoms with Gasteiger partial charge in [-0.15, -0.1) is 0 Å². The van der Waals surface area contributed by atoms with Crippen molar-refractivity contribution in [3.63, 3.8) is 0 Å². The fraction of sp³-hybridized carbons (Fsp3) is 0.824. The first-order chi connectivity index (χ1) is 11.4. The van der Waals surface area contributed by atoms with Gasteiger partial charge in [0.05, 0.1) is 13.0 Å². The van der Waals surface area contributed by atoms with Crippen molar-refractivity contribution in [3.05, 3.63) is 0 Å². The Balaban J connectivity index is 1.97. The smallest absolute Gasteiger partial charge is 0.325 e. The first-order valence-corrected chi connectivity index (χ1v) is 8.71.